The zero-order valence-electron chi connectivity index (χ0n) is 14.7. The lowest BCUT2D eigenvalue weighted by atomic mass is 9.96. The maximum atomic E-state index is 12.5. The molecule has 1 heterocycles. The average molecular weight is 367 g/mol. The number of likely N-dealkylation sites (tertiary alicyclic amines) is 1. The maximum absolute atomic E-state index is 12.5. The second-order valence-corrected chi connectivity index (χ2v) is 6.43. The van der Waals surface area contributed by atoms with E-state index in [4.69, 9.17) is 5.11 Å². The van der Waals surface area contributed by atoms with E-state index in [1.807, 2.05) is 18.2 Å². The van der Waals surface area contributed by atoms with E-state index in [1.54, 1.807) is 41.3 Å². The molecule has 0 aromatic heterocycles. The van der Waals surface area contributed by atoms with Crippen LogP contribution >= 0.6 is 0 Å². The van der Waals surface area contributed by atoms with Gasteiger partial charge in [0.05, 0.1) is 5.92 Å². The average Bonchev–Trinajstić information content (AvgIpc) is 2.69. The van der Waals surface area contributed by atoms with E-state index in [2.05, 4.69) is 10.6 Å². The Kier molecular flexibility index (Phi) is 5.71. The number of benzene rings is 2. The first kappa shape index (κ1) is 18.4. The molecule has 1 aliphatic heterocycles. The molecule has 3 rings (SSSR count). The molecule has 2 aromatic rings. The van der Waals surface area contributed by atoms with Crippen LogP contribution in [0.2, 0.25) is 0 Å². The molecule has 7 heteroatoms. The van der Waals surface area contributed by atoms with Crippen molar-refractivity contribution in [2.24, 2.45) is 5.92 Å². The standard InChI is InChI=1S/C20H21N3O4/c24-18(23-12-10-15(11-13-23)19(25)26)14-6-8-17(9-7-14)22-20(27)21-16-4-2-1-3-5-16/h1-9,15H,10-13H2,(H,25,26)(H2,21,22,27). The largest absolute Gasteiger partial charge is 0.481 e. The van der Waals surface area contributed by atoms with Crippen molar-refractivity contribution in [2.45, 2.75) is 12.8 Å². The highest BCUT2D eigenvalue weighted by Gasteiger charge is 2.27. The van der Waals surface area contributed by atoms with Crippen LogP contribution in [0.5, 0.6) is 0 Å². The third kappa shape index (κ3) is 4.84. The summed E-state index contributed by atoms with van der Waals surface area (Å²) in [5, 5.41) is 14.5. The summed E-state index contributed by atoms with van der Waals surface area (Å²) in [4.78, 5) is 37.2. The van der Waals surface area contributed by atoms with Crippen LogP contribution in [0.1, 0.15) is 23.2 Å². The molecule has 27 heavy (non-hydrogen) atoms. The number of urea groups is 1. The zero-order valence-corrected chi connectivity index (χ0v) is 14.7. The summed E-state index contributed by atoms with van der Waals surface area (Å²) in [6.07, 6.45) is 0.945. The van der Waals surface area contributed by atoms with Gasteiger partial charge in [0.2, 0.25) is 0 Å². The third-order valence-electron chi connectivity index (χ3n) is 4.55. The van der Waals surface area contributed by atoms with Gasteiger partial charge in [-0.05, 0) is 49.2 Å². The fraction of sp³-hybridized carbons (Fsp3) is 0.250. The van der Waals surface area contributed by atoms with Crippen LogP contribution in [0.15, 0.2) is 54.6 Å². The lowest BCUT2D eigenvalue weighted by molar-refractivity contribution is -0.143. The van der Waals surface area contributed by atoms with Gasteiger partial charge in [0.15, 0.2) is 0 Å². The lowest BCUT2D eigenvalue weighted by Crippen LogP contribution is -2.40. The second kappa shape index (κ2) is 8.35. The van der Waals surface area contributed by atoms with E-state index in [9.17, 15) is 14.4 Å². The van der Waals surface area contributed by atoms with Crippen LogP contribution in [0.4, 0.5) is 16.2 Å². The Hall–Kier alpha value is -3.35. The summed E-state index contributed by atoms with van der Waals surface area (Å²) in [6.45, 7) is 0.880. The molecule has 0 atom stereocenters. The van der Waals surface area contributed by atoms with Gasteiger partial charge >= 0.3 is 12.0 Å². The van der Waals surface area contributed by atoms with E-state index < -0.39 is 5.97 Å². The number of aliphatic carboxylic acids is 1. The Morgan fingerprint density at radius 2 is 1.41 bits per heavy atom. The van der Waals surface area contributed by atoms with Crippen molar-refractivity contribution < 1.29 is 19.5 Å². The van der Waals surface area contributed by atoms with E-state index in [-0.39, 0.29) is 17.9 Å². The molecule has 1 saturated heterocycles. The second-order valence-electron chi connectivity index (χ2n) is 6.43. The Morgan fingerprint density at radius 1 is 0.852 bits per heavy atom. The van der Waals surface area contributed by atoms with Crippen molar-refractivity contribution in [1.82, 2.24) is 4.90 Å². The number of para-hydroxylation sites is 1. The van der Waals surface area contributed by atoms with Gasteiger partial charge in [-0.15, -0.1) is 0 Å². The summed E-state index contributed by atoms with van der Waals surface area (Å²) in [7, 11) is 0. The molecular formula is C20H21N3O4. The van der Waals surface area contributed by atoms with E-state index in [0.717, 1.165) is 0 Å². The smallest absolute Gasteiger partial charge is 0.323 e. The number of rotatable bonds is 4. The predicted molar refractivity (Wildman–Crippen MR) is 102 cm³/mol. The molecule has 1 fully saturated rings. The first-order valence-electron chi connectivity index (χ1n) is 8.78. The molecule has 140 valence electrons. The van der Waals surface area contributed by atoms with E-state index in [0.29, 0.717) is 42.9 Å². The first-order chi connectivity index (χ1) is 13.0. The van der Waals surface area contributed by atoms with Crippen LogP contribution in [-0.2, 0) is 4.79 Å². The molecule has 1 aliphatic rings. The Labute approximate surface area is 157 Å². The van der Waals surface area contributed by atoms with Gasteiger partial charge in [-0.25, -0.2) is 4.79 Å². The van der Waals surface area contributed by atoms with Gasteiger partial charge in [0, 0.05) is 30.0 Å². The number of nitrogens with one attached hydrogen (secondary N) is 2. The molecule has 3 amide bonds. The number of nitrogens with zero attached hydrogens (tertiary/aromatic N) is 1. The van der Waals surface area contributed by atoms with Crippen molar-refractivity contribution in [2.75, 3.05) is 23.7 Å². The maximum Gasteiger partial charge on any atom is 0.323 e. The number of piperidine rings is 1. The molecule has 3 N–H and O–H groups in total. The van der Waals surface area contributed by atoms with E-state index in [1.165, 1.54) is 0 Å². The summed E-state index contributed by atoms with van der Waals surface area (Å²) < 4.78 is 0. The van der Waals surface area contributed by atoms with Crippen molar-refractivity contribution in [3.8, 4) is 0 Å². The molecule has 0 unspecified atom stereocenters. The quantitative estimate of drug-likeness (QED) is 0.772. The summed E-state index contributed by atoms with van der Waals surface area (Å²) in [5.74, 6) is -1.30. The van der Waals surface area contributed by atoms with Crippen LogP contribution < -0.4 is 10.6 Å². The number of carbonyl (C=O) groups excluding carboxylic acids is 2. The molecule has 0 spiro atoms. The minimum Gasteiger partial charge on any atom is -0.481 e. The van der Waals surface area contributed by atoms with Crippen LogP contribution in [0.3, 0.4) is 0 Å². The summed E-state index contributed by atoms with van der Waals surface area (Å²) in [6, 6.07) is 15.4. The van der Waals surface area contributed by atoms with Gasteiger partial charge in [-0.3, -0.25) is 9.59 Å². The number of carboxylic acid groups (broad SMARTS) is 1. The Morgan fingerprint density at radius 3 is 1.96 bits per heavy atom. The number of carbonyl (C=O) groups is 3. The minimum absolute atomic E-state index is 0.126. The molecule has 7 nitrogen and oxygen atoms in total. The summed E-state index contributed by atoms with van der Waals surface area (Å²) >= 11 is 0. The van der Waals surface area contributed by atoms with Crippen molar-refractivity contribution >= 4 is 29.3 Å². The monoisotopic (exact) mass is 367 g/mol. The topological polar surface area (TPSA) is 98.7 Å². The normalized spacial score (nSPS) is 14.4. The fourth-order valence-corrected chi connectivity index (χ4v) is 3.02. The van der Waals surface area contributed by atoms with Crippen LogP contribution in [0.25, 0.3) is 0 Å². The predicted octanol–water partition coefficient (Wildman–Crippen LogP) is 3.27. The van der Waals surface area contributed by atoms with Gasteiger partial charge in [0.25, 0.3) is 5.91 Å². The molecule has 0 radical (unpaired) electrons. The number of hydrogen-bond acceptors (Lipinski definition) is 3. The number of anilines is 2. The Bertz CT molecular complexity index is 813. The molecule has 0 saturated carbocycles. The van der Waals surface area contributed by atoms with Gasteiger partial charge in [-0.2, -0.15) is 0 Å². The van der Waals surface area contributed by atoms with Gasteiger partial charge in [-0.1, -0.05) is 18.2 Å². The summed E-state index contributed by atoms with van der Waals surface area (Å²) in [5.41, 5.74) is 1.77. The highest BCUT2D eigenvalue weighted by Crippen LogP contribution is 2.20. The highest BCUT2D eigenvalue weighted by atomic mass is 16.4. The van der Waals surface area contributed by atoms with Gasteiger partial charge < -0.3 is 20.6 Å². The van der Waals surface area contributed by atoms with Crippen molar-refractivity contribution in [3.63, 3.8) is 0 Å². The number of carboxylic acids is 1. The number of amides is 3. The van der Waals surface area contributed by atoms with Crippen LogP contribution in [0, 0.1) is 5.92 Å². The SMILES string of the molecule is O=C(Nc1ccccc1)Nc1ccc(C(=O)N2CCC(C(=O)O)CC2)cc1. The van der Waals surface area contributed by atoms with Crippen LogP contribution in [-0.4, -0.2) is 41.0 Å². The molecule has 0 bridgehead atoms. The first-order valence-corrected chi connectivity index (χ1v) is 8.78. The highest BCUT2D eigenvalue weighted by molar-refractivity contribution is 6.00. The van der Waals surface area contributed by atoms with Crippen molar-refractivity contribution in [1.29, 1.82) is 0 Å². The van der Waals surface area contributed by atoms with Crippen molar-refractivity contribution in [3.05, 3.63) is 60.2 Å². The molecule has 0 aliphatic carbocycles. The molecular weight excluding hydrogens is 346 g/mol. The fourth-order valence-electron chi connectivity index (χ4n) is 3.02. The third-order valence-corrected chi connectivity index (χ3v) is 4.55. The minimum atomic E-state index is -0.800. The van der Waals surface area contributed by atoms with Gasteiger partial charge in [0.1, 0.15) is 0 Å². The zero-order chi connectivity index (χ0) is 19.2. The Balaban J connectivity index is 1.54. The number of hydrogen-bond donors (Lipinski definition) is 3. The molecule has 2 aromatic carbocycles. The van der Waals surface area contributed by atoms with E-state index >= 15 is 0 Å². The lowest BCUT2D eigenvalue weighted by Gasteiger charge is -2.30.